The number of rotatable bonds is 2. The Morgan fingerprint density at radius 2 is 2.18 bits per heavy atom. The minimum atomic E-state index is -0.0677. The first-order chi connectivity index (χ1) is 8.04. The van der Waals surface area contributed by atoms with E-state index in [1.165, 1.54) is 4.68 Å². The van der Waals surface area contributed by atoms with Crippen LogP contribution in [0, 0.1) is 6.92 Å². The standard InChI is InChI=1S/C12H14BrN3O/c1-7-3-4-8(13)5-9(7)11-10(6-14)12(17)16(2)15-11/h3-5,15H,6,14H2,1-2H3. The quantitative estimate of drug-likeness (QED) is 0.889. The first kappa shape index (κ1) is 12.1. The highest BCUT2D eigenvalue weighted by molar-refractivity contribution is 9.10. The van der Waals surface area contributed by atoms with Crippen LogP contribution < -0.4 is 11.3 Å². The number of aromatic nitrogens is 2. The fourth-order valence-electron chi connectivity index (χ4n) is 1.87. The Morgan fingerprint density at radius 1 is 1.47 bits per heavy atom. The summed E-state index contributed by atoms with van der Waals surface area (Å²) < 4.78 is 2.43. The van der Waals surface area contributed by atoms with Gasteiger partial charge in [-0.1, -0.05) is 22.0 Å². The third kappa shape index (κ3) is 2.08. The van der Waals surface area contributed by atoms with Crippen molar-refractivity contribution in [1.82, 2.24) is 9.78 Å². The Morgan fingerprint density at radius 3 is 2.82 bits per heavy atom. The summed E-state index contributed by atoms with van der Waals surface area (Å²) in [4.78, 5) is 11.8. The molecule has 0 fully saturated rings. The van der Waals surface area contributed by atoms with Crippen LogP contribution in [-0.4, -0.2) is 9.78 Å². The van der Waals surface area contributed by atoms with Gasteiger partial charge in [-0.15, -0.1) is 0 Å². The number of benzene rings is 1. The van der Waals surface area contributed by atoms with Crippen LogP contribution in [0.3, 0.4) is 0 Å². The Kier molecular flexibility index (Phi) is 3.22. The second-order valence-electron chi connectivity index (χ2n) is 3.99. The van der Waals surface area contributed by atoms with Gasteiger partial charge in [-0.05, 0) is 24.6 Å². The van der Waals surface area contributed by atoms with E-state index in [-0.39, 0.29) is 12.1 Å². The van der Waals surface area contributed by atoms with Crippen molar-refractivity contribution in [2.45, 2.75) is 13.5 Å². The zero-order valence-electron chi connectivity index (χ0n) is 9.75. The molecule has 0 bridgehead atoms. The molecule has 90 valence electrons. The summed E-state index contributed by atoms with van der Waals surface area (Å²) in [5, 5.41) is 3.05. The van der Waals surface area contributed by atoms with Crippen molar-refractivity contribution in [2.75, 3.05) is 0 Å². The zero-order chi connectivity index (χ0) is 12.6. The molecule has 0 saturated heterocycles. The predicted molar refractivity (Wildman–Crippen MR) is 71.8 cm³/mol. The van der Waals surface area contributed by atoms with E-state index in [1.54, 1.807) is 7.05 Å². The number of halogens is 1. The summed E-state index contributed by atoms with van der Waals surface area (Å²) in [5.74, 6) is 0. The van der Waals surface area contributed by atoms with Crippen molar-refractivity contribution in [2.24, 2.45) is 12.8 Å². The maximum Gasteiger partial charge on any atom is 0.271 e. The molecule has 0 aliphatic carbocycles. The van der Waals surface area contributed by atoms with E-state index in [2.05, 4.69) is 21.0 Å². The molecular weight excluding hydrogens is 282 g/mol. The Hall–Kier alpha value is -1.33. The minimum absolute atomic E-state index is 0.0677. The molecule has 1 aromatic heterocycles. The lowest BCUT2D eigenvalue weighted by molar-refractivity contribution is 0.739. The van der Waals surface area contributed by atoms with Crippen LogP contribution in [0.2, 0.25) is 0 Å². The van der Waals surface area contributed by atoms with Crippen LogP contribution in [-0.2, 0) is 13.6 Å². The van der Waals surface area contributed by atoms with Gasteiger partial charge in [0, 0.05) is 23.6 Å². The van der Waals surface area contributed by atoms with E-state index < -0.39 is 0 Å². The third-order valence-electron chi connectivity index (χ3n) is 2.82. The van der Waals surface area contributed by atoms with E-state index in [0.717, 1.165) is 21.3 Å². The number of nitrogens with zero attached hydrogens (tertiary/aromatic N) is 1. The predicted octanol–water partition coefficient (Wildman–Crippen LogP) is 1.91. The number of aromatic amines is 1. The average molecular weight is 296 g/mol. The van der Waals surface area contributed by atoms with Gasteiger partial charge in [0.15, 0.2) is 0 Å². The van der Waals surface area contributed by atoms with Gasteiger partial charge in [0.1, 0.15) is 0 Å². The number of aryl methyl sites for hydroxylation is 2. The zero-order valence-corrected chi connectivity index (χ0v) is 11.3. The fraction of sp³-hybridized carbons (Fsp3) is 0.250. The molecule has 0 unspecified atom stereocenters. The van der Waals surface area contributed by atoms with Crippen molar-refractivity contribution < 1.29 is 0 Å². The highest BCUT2D eigenvalue weighted by atomic mass is 79.9. The first-order valence-electron chi connectivity index (χ1n) is 5.29. The van der Waals surface area contributed by atoms with Gasteiger partial charge in [-0.2, -0.15) is 0 Å². The summed E-state index contributed by atoms with van der Waals surface area (Å²) in [6.45, 7) is 2.24. The molecule has 2 rings (SSSR count). The van der Waals surface area contributed by atoms with Gasteiger partial charge in [0.05, 0.1) is 11.3 Å². The highest BCUT2D eigenvalue weighted by Crippen LogP contribution is 2.26. The Balaban J connectivity index is 2.72. The van der Waals surface area contributed by atoms with Crippen molar-refractivity contribution >= 4 is 15.9 Å². The van der Waals surface area contributed by atoms with Crippen molar-refractivity contribution in [3.8, 4) is 11.3 Å². The molecule has 17 heavy (non-hydrogen) atoms. The maximum absolute atomic E-state index is 11.8. The van der Waals surface area contributed by atoms with E-state index in [4.69, 9.17) is 5.73 Å². The molecule has 2 aromatic rings. The summed E-state index contributed by atoms with van der Waals surface area (Å²) in [7, 11) is 1.69. The van der Waals surface area contributed by atoms with Gasteiger partial charge in [0.2, 0.25) is 0 Å². The van der Waals surface area contributed by atoms with E-state index >= 15 is 0 Å². The monoisotopic (exact) mass is 295 g/mol. The first-order valence-corrected chi connectivity index (χ1v) is 6.08. The maximum atomic E-state index is 11.8. The van der Waals surface area contributed by atoms with Gasteiger partial charge in [-0.3, -0.25) is 14.6 Å². The lowest BCUT2D eigenvalue weighted by Gasteiger charge is -2.06. The molecule has 5 heteroatoms. The molecule has 0 radical (unpaired) electrons. The van der Waals surface area contributed by atoms with Crippen LogP contribution in [0.1, 0.15) is 11.1 Å². The second-order valence-corrected chi connectivity index (χ2v) is 4.91. The average Bonchev–Trinajstić information content (AvgIpc) is 2.58. The fourth-order valence-corrected chi connectivity index (χ4v) is 2.23. The number of hydrogen-bond acceptors (Lipinski definition) is 2. The van der Waals surface area contributed by atoms with Gasteiger partial charge >= 0.3 is 0 Å². The number of H-pyrrole nitrogens is 1. The largest absolute Gasteiger partial charge is 0.326 e. The molecule has 3 N–H and O–H groups in total. The normalized spacial score (nSPS) is 10.8. The highest BCUT2D eigenvalue weighted by Gasteiger charge is 2.14. The lowest BCUT2D eigenvalue weighted by atomic mass is 10.0. The lowest BCUT2D eigenvalue weighted by Crippen LogP contribution is -2.17. The molecule has 4 nitrogen and oxygen atoms in total. The van der Waals surface area contributed by atoms with Crippen molar-refractivity contribution in [3.05, 3.63) is 44.2 Å². The Bertz CT molecular complexity index is 613. The van der Waals surface area contributed by atoms with Gasteiger partial charge < -0.3 is 5.73 Å². The van der Waals surface area contributed by atoms with Gasteiger partial charge in [0.25, 0.3) is 5.56 Å². The van der Waals surface area contributed by atoms with Crippen LogP contribution in [0.5, 0.6) is 0 Å². The summed E-state index contributed by atoms with van der Waals surface area (Å²) in [6, 6.07) is 5.97. The van der Waals surface area contributed by atoms with E-state index in [1.807, 2.05) is 25.1 Å². The summed E-state index contributed by atoms with van der Waals surface area (Å²) in [6.07, 6.45) is 0. The molecule has 0 amide bonds. The Labute approximate surface area is 108 Å². The smallest absolute Gasteiger partial charge is 0.271 e. The molecular formula is C12H14BrN3O. The molecule has 0 saturated carbocycles. The second kappa shape index (κ2) is 4.50. The molecule has 0 aliphatic rings. The van der Waals surface area contributed by atoms with E-state index in [9.17, 15) is 4.79 Å². The SMILES string of the molecule is Cc1ccc(Br)cc1-c1[nH]n(C)c(=O)c1CN. The number of hydrogen-bond donors (Lipinski definition) is 2. The molecule has 0 spiro atoms. The number of nitrogens with two attached hydrogens (primary N) is 1. The minimum Gasteiger partial charge on any atom is -0.326 e. The topological polar surface area (TPSA) is 63.8 Å². The number of nitrogens with one attached hydrogen (secondary N) is 1. The third-order valence-corrected chi connectivity index (χ3v) is 3.31. The molecule has 0 atom stereocenters. The summed E-state index contributed by atoms with van der Waals surface area (Å²) in [5.41, 5.74) is 9.10. The van der Waals surface area contributed by atoms with Crippen molar-refractivity contribution in [1.29, 1.82) is 0 Å². The van der Waals surface area contributed by atoms with Gasteiger partial charge in [-0.25, -0.2) is 0 Å². The molecule has 1 aromatic carbocycles. The molecule has 1 heterocycles. The summed E-state index contributed by atoms with van der Waals surface area (Å²) >= 11 is 3.44. The molecule has 0 aliphatic heterocycles. The van der Waals surface area contributed by atoms with Crippen LogP contribution in [0.15, 0.2) is 27.5 Å². The van der Waals surface area contributed by atoms with Crippen LogP contribution in [0.25, 0.3) is 11.3 Å². The van der Waals surface area contributed by atoms with E-state index in [0.29, 0.717) is 5.56 Å². The van der Waals surface area contributed by atoms with Crippen molar-refractivity contribution in [3.63, 3.8) is 0 Å². The van der Waals surface area contributed by atoms with Crippen LogP contribution in [0.4, 0.5) is 0 Å². The van der Waals surface area contributed by atoms with Crippen LogP contribution >= 0.6 is 15.9 Å².